The number of methoxy groups -OCH3 is 2. The van der Waals surface area contributed by atoms with Gasteiger partial charge in [-0.2, -0.15) is 4.57 Å². The van der Waals surface area contributed by atoms with E-state index in [9.17, 15) is 4.79 Å². The normalized spacial score (nSPS) is 13.1. The van der Waals surface area contributed by atoms with E-state index in [2.05, 4.69) is 29.0 Å². The van der Waals surface area contributed by atoms with E-state index >= 15 is 0 Å². The summed E-state index contributed by atoms with van der Waals surface area (Å²) in [6, 6.07) is 17.0. The number of aromatic nitrogens is 1. The van der Waals surface area contributed by atoms with Crippen LogP contribution in [0.4, 0.5) is 0 Å². The Bertz CT molecular complexity index is 1730. The lowest BCUT2D eigenvalue weighted by Crippen LogP contribution is -3.00. The minimum atomic E-state index is -0.462. The van der Waals surface area contributed by atoms with Crippen LogP contribution in [0.5, 0.6) is 28.7 Å². The van der Waals surface area contributed by atoms with Crippen molar-refractivity contribution < 1.29 is 45.5 Å². The first kappa shape index (κ1) is 23.2. The zero-order valence-corrected chi connectivity index (χ0v) is 20.9. The van der Waals surface area contributed by atoms with Gasteiger partial charge >= 0.3 is 5.97 Å². The van der Waals surface area contributed by atoms with E-state index in [0.29, 0.717) is 22.8 Å². The molecular formula is C29H22ClNO6. The van der Waals surface area contributed by atoms with Gasteiger partial charge in [-0.25, -0.2) is 4.79 Å². The summed E-state index contributed by atoms with van der Waals surface area (Å²) in [5.74, 6) is 2.72. The SMILES string of the molecule is COc1ccc(C(=O)Oc2c(OC)ccc3c2c[n+]2c4c3ccc3c5c(cc(c34)CC2)OCO5)cc1.[Cl-]. The van der Waals surface area contributed by atoms with Crippen LogP contribution in [0.3, 0.4) is 0 Å². The summed E-state index contributed by atoms with van der Waals surface area (Å²) in [4.78, 5) is 13.1. The van der Waals surface area contributed by atoms with E-state index < -0.39 is 5.97 Å². The summed E-state index contributed by atoms with van der Waals surface area (Å²) in [6.45, 7) is 1.04. The molecule has 186 valence electrons. The van der Waals surface area contributed by atoms with E-state index in [1.54, 1.807) is 38.5 Å². The Balaban J connectivity index is 0.00000252. The van der Waals surface area contributed by atoms with Gasteiger partial charge in [0, 0.05) is 17.2 Å². The lowest BCUT2D eigenvalue weighted by atomic mass is 9.93. The van der Waals surface area contributed by atoms with Gasteiger partial charge < -0.3 is 36.1 Å². The zero-order chi connectivity index (χ0) is 24.4. The molecule has 4 aromatic carbocycles. The molecule has 0 fully saturated rings. The average Bonchev–Trinajstić information content (AvgIpc) is 3.40. The average molecular weight is 516 g/mol. The van der Waals surface area contributed by atoms with Gasteiger partial charge in [0.2, 0.25) is 12.3 Å². The van der Waals surface area contributed by atoms with E-state index in [1.807, 2.05) is 12.1 Å². The fourth-order valence-corrected chi connectivity index (χ4v) is 5.38. The number of hydrogen-bond acceptors (Lipinski definition) is 6. The number of rotatable bonds is 4. The molecule has 7 rings (SSSR count). The number of carbonyl (C=O) groups is 1. The summed E-state index contributed by atoms with van der Waals surface area (Å²) in [6.07, 6.45) is 2.92. The van der Waals surface area contributed by atoms with Gasteiger partial charge in [0.25, 0.3) is 0 Å². The highest BCUT2D eigenvalue weighted by Crippen LogP contribution is 2.46. The second-order valence-electron chi connectivity index (χ2n) is 8.90. The summed E-state index contributed by atoms with van der Waals surface area (Å²) in [7, 11) is 3.16. The van der Waals surface area contributed by atoms with E-state index in [1.165, 1.54) is 10.9 Å². The number of aryl methyl sites for hydroxylation is 2. The number of ether oxygens (including phenoxy) is 5. The Morgan fingerprint density at radius 2 is 1.68 bits per heavy atom. The van der Waals surface area contributed by atoms with Crippen molar-refractivity contribution in [3.05, 3.63) is 71.9 Å². The number of nitrogens with zero attached hydrogens (tertiary/aromatic N) is 1. The highest BCUT2D eigenvalue weighted by atomic mass is 35.5. The Morgan fingerprint density at radius 1 is 0.892 bits per heavy atom. The van der Waals surface area contributed by atoms with Crippen LogP contribution in [-0.2, 0) is 13.0 Å². The van der Waals surface area contributed by atoms with Gasteiger partial charge in [0.1, 0.15) is 5.75 Å². The molecule has 0 bridgehead atoms. The predicted octanol–water partition coefficient (Wildman–Crippen LogP) is 1.96. The van der Waals surface area contributed by atoms with Crippen molar-refractivity contribution >= 4 is 38.4 Å². The molecule has 2 aliphatic rings. The van der Waals surface area contributed by atoms with E-state index in [4.69, 9.17) is 23.7 Å². The fourth-order valence-electron chi connectivity index (χ4n) is 5.38. The molecular weight excluding hydrogens is 494 g/mol. The quantitative estimate of drug-likeness (QED) is 0.158. The molecule has 5 aromatic rings. The van der Waals surface area contributed by atoms with Gasteiger partial charge in [0.15, 0.2) is 35.7 Å². The van der Waals surface area contributed by atoms with Gasteiger partial charge in [-0.3, -0.25) is 0 Å². The van der Waals surface area contributed by atoms with Crippen LogP contribution in [0.25, 0.3) is 32.4 Å². The molecule has 2 aliphatic heterocycles. The highest BCUT2D eigenvalue weighted by Gasteiger charge is 2.30. The Labute approximate surface area is 218 Å². The summed E-state index contributed by atoms with van der Waals surface area (Å²) in [5, 5.41) is 5.10. The molecule has 0 amide bonds. The van der Waals surface area contributed by atoms with Crippen molar-refractivity contribution in [1.82, 2.24) is 0 Å². The van der Waals surface area contributed by atoms with Crippen molar-refractivity contribution in [2.45, 2.75) is 13.0 Å². The third-order valence-corrected chi connectivity index (χ3v) is 7.08. The number of esters is 1. The second kappa shape index (κ2) is 8.71. The number of benzene rings is 4. The van der Waals surface area contributed by atoms with Crippen LogP contribution < -0.4 is 40.7 Å². The third kappa shape index (κ3) is 3.42. The standard InChI is InChI=1S/C29H22NO6.ClH/c1-32-18-5-3-16(4-6-18)29(31)36-28-22-14-30-12-11-17-13-24-27(35-15-34-24)21-8-7-20(26(30)25(17)21)19(22)9-10-23(28)33-2;/h3-10,13-14H,11-12,15H2,1-2H3;1H/q+1;/p-1. The van der Waals surface area contributed by atoms with Crippen LogP contribution in [0.2, 0.25) is 0 Å². The topological polar surface area (TPSA) is 67.1 Å². The van der Waals surface area contributed by atoms with Crippen molar-refractivity contribution in [2.75, 3.05) is 21.0 Å². The minimum absolute atomic E-state index is 0. The Morgan fingerprint density at radius 3 is 2.46 bits per heavy atom. The van der Waals surface area contributed by atoms with Crippen LogP contribution in [-0.4, -0.2) is 27.0 Å². The van der Waals surface area contributed by atoms with E-state index in [0.717, 1.165) is 51.5 Å². The summed E-state index contributed by atoms with van der Waals surface area (Å²) >= 11 is 0. The van der Waals surface area contributed by atoms with Crippen LogP contribution in [0.15, 0.2) is 60.8 Å². The lowest BCUT2D eigenvalue weighted by molar-refractivity contribution is -0.670. The number of pyridine rings is 1. The molecule has 0 aliphatic carbocycles. The molecule has 37 heavy (non-hydrogen) atoms. The molecule has 0 radical (unpaired) electrons. The minimum Gasteiger partial charge on any atom is -1.00 e. The summed E-state index contributed by atoms with van der Waals surface area (Å²) in [5.41, 5.74) is 2.81. The third-order valence-electron chi connectivity index (χ3n) is 7.08. The van der Waals surface area contributed by atoms with Crippen molar-refractivity contribution in [3.8, 4) is 28.7 Å². The molecule has 0 spiro atoms. The van der Waals surface area contributed by atoms with E-state index in [-0.39, 0.29) is 19.2 Å². The molecule has 3 heterocycles. The smallest absolute Gasteiger partial charge is 0.343 e. The number of halogens is 1. The first-order valence-electron chi connectivity index (χ1n) is 11.7. The largest absolute Gasteiger partial charge is 1.00 e. The number of carbonyl (C=O) groups excluding carboxylic acids is 1. The predicted molar refractivity (Wildman–Crippen MR) is 133 cm³/mol. The molecule has 1 aromatic heterocycles. The highest BCUT2D eigenvalue weighted by molar-refractivity contribution is 6.17. The molecule has 0 atom stereocenters. The van der Waals surface area contributed by atoms with Crippen molar-refractivity contribution in [3.63, 3.8) is 0 Å². The Kier molecular flexibility index (Phi) is 5.46. The fraction of sp³-hybridized carbons (Fsp3) is 0.172. The number of fused-ring (bicyclic) bond motifs is 4. The zero-order valence-electron chi connectivity index (χ0n) is 20.2. The van der Waals surface area contributed by atoms with Gasteiger partial charge in [0.05, 0.1) is 35.9 Å². The maximum absolute atomic E-state index is 13.1. The maximum Gasteiger partial charge on any atom is 0.343 e. The van der Waals surface area contributed by atoms with Crippen LogP contribution in [0.1, 0.15) is 15.9 Å². The second-order valence-corrected chi connectivity index (χ2v) is 8.90. The summed E-state index contributed by atoms with van der Waals surface area (Å²) < 4.78 is 30.5. The molecule has 0 N–H and O–H groups in total. The molecule has 8 heteroatoms. The molecule has 7 nitrogen and oxygen atoms in total. The van der Waals surface area contributed by atoms with Crippen molar-refractivity contribution in [1.29, 1.82) is 0 Å². The van der Waals surface area contributed by atoms with Crippen LogP contribution in [0, 0.1) is 0 Å². The number of hydrogen-bond donors (Lipinski definition) is 0. The van der Waals surface area contributed by atoms with Gasteiger partial charge in [-0.15, -0.1) is 0 Å². The van der Waals surface area contributed by atoms with Crippen LogP contribution >= 0.6 is 0 Å². The van der Waals surface area contributed by atoms with Crippen molar-refractivity contribution in [2.24, 2.45) is 0 Å². The lowest BCUT2D eigenvalue weighted by Gasteiger charge is -2.18. The molecule has 0 unspecified atom stereocenters. The first-order valence-corrected chi connectivity index (χ1v) is 11.7. The Hall–Kier alpha value is -4.23. The molecule has 0 saturated carbocycles. The maximum atomic E-state index is 13.1. The monoisotopic (exact) mass is 515 g/mol. The van der Waals surface area contributed by atoms with Gasteiger partial charge in [-0.05, 0) is 60.2 Å². The molecule has 0 saturated heterocycles. The van der Waals surface area contributed by atoms with Gasteiger partial charge in [-0.1, -0.05) is 0 Å². The first-order chi connectivity index (χ1) is 17.7.